The number of likely N-dealkylation sites (tertiary alicyclic amines) is 1. The molecule has 1 aromatic rings. The summed E-state index contributed by atoms with van der Waals surface area (Å²) in [4.78, 5) is 15.4. The normalized spacial score (nSPS) is 21.4. The average Bonchev–Trinajstić information content (AvgIpc) is 2.90. The molecule has 1 fully saturated rings. The maximum absolute atomic E-state index is 11.9. The first-order chi connectivity index (χ1) is 9.25. The monoisotopic (exact) mass is 297 g/mol. The Hall–Kier alpha value is -0.520. The SMILES string of the molecule is CSCC(=O)N1CCC2(CC1)OCCc1sccc12. The summed E-state index contributed by atoms with van der Waals surface area (Å²) in [6.07, 6.45) is 4.91. The van der Waals surface area contributed by atoms with Gasteiger partial charge < -0.3 is 9.64 Å². The van der Waals surface area contributed by atoms with Gasteiger partial charge in [0.1, 0.15) is 0 Å². The molecule has 1 amide bonds. The van der Waals surface area contributed by atoms with Crippen LogP contribution in [0.25, 0.3) is 0 Å². The van der Waals surface area contributed by atoms with Crippen LogP contribution in [0.2, 0.25) is 0 Å². The standard InChI is InChI=1S/C14H19NO2S2/c1-18-10-13(16)15-6-4-14(5-7-15)11-3-9-19-12(11)2-8-17-14/h3,9H,2,4-8,10H2,1H3. The number of thioether (sulfide) groups is 1. The van der Waals surface area contributed by atoms with Gasteiger partial charge in [0.05, 0.1) is 18.0 Å². The number of thiophene rings is 1. The first kappa shape index (κ1) is 13.5. The number of piperidine rings is 1. The molecule has 1 aromatic heterocycles. The molecule has 0 atom stereocenters. The van der Waals surface area contributed by atoms with E-state index in [4.69, 9.17) is 4.74 Å². The number of amides is 1. The van der Waals surface area contributed by atoms with Gasteiger partial charge in [-0.2, -0.15) is 11.8 Å². The number of carbonyl (C=O) groups is 1. The zero-order chi connectivity index (χ0) is 13.3. The van der Waals surface area contributed by atoms with Crippen LogP contribution in [0.5, 0.6) is 0 Å². The van der Waals surface area contributed by atoms with Gasteiger partial charge >= 0.3 is 0 Å². The van der Waals surface area contributed by atoms with Crippen LogP contribution in [0.15, 0.2) is 11.4 Å². The lowest BCUT2D eigenvalue weighted by molar-refractivity contribution is -0.137. The van der Waals surface area contributed by atoms with Crippen LogP contribution in [-0.2, 0) is 21.6 Å². The summed E-state index contributed by atoms with van der Waals surface area (Å²) in [6.45, 7) is 2.48. The predicted molar refractivity (Wildman–Crippen MR) is 79.8 cm³/mol. The molecule has 2 aliphatic rings. The van der Waals surface area contributed by atoms with Gasteiger partial charge in [0.2, 0.25) is 5.91 Å². The fourth-order valence-electron chi connectivity index (χ4n) is 3.10. The zero-order valence-electron chi connectivity index (χ0n) is 11.2. The van der Waals surface area contributed by atoms with E-state index in [1.807, 2.05) is 22.5 Å². The highest BCUT2D eigenvalue weighted by molar-refractivity contribution is 7.99. The molecule has 3 nitrogen and oxygen atoms in total. The van der Waals surface area contributed by atoms with Gasteiger partial charge in [0.25, 0.3) is 0 Å². The lowest BCUT2D eigenvalue weighted by Gasteiger charge is -2.44. The number of fused-ring (bicyclic) bond motifs is 2. The number of hydrogen-bond acceptors (Lipinski definition) is 4. The van der Waals surface area contributed by atoms with E-state index in [0.29, 0.717) is 5.75 Å². The third-order valence-electron chi connectivity index (χ3n) is 4.14. The third kappa shape index (κ3) is 2.43. The van der Waals surface area contributed by atoms with Gasteiger partial charge in [-0.25, -0.2) is 0 Å². The minimum absolute atomic E-state index is 0.107. The number of rotatable bonds is 2. The molecule has 2 aliphatic heterocycles. The molecule has 1 spiro atoms. The van der Waals surface area contributed by atoms with Crippen molar-refractivity contribution in [1.82, 2.24) is 4.90 Å². The molecule has 104 valence electrons. The first-order valence-electron chi connectivity index (χ1n) is 6.73. The van der Waals surface area contributed by atoms with Crippen molar-refractivity contribution < 1.29 is 9.53 Å². The Bertz CT molecular complexity index is 464. The third-order valence-corrected chi connectivity index (χ3v) is 5.65. The summed E-state index contributed by atoms with van der Waals surface area (Å²) in [5.74, 6) is 0.862. The highest BCUT2D eigenvalue weighted by Gasteiger charge is 2.41. The Balaban J connectivity index is 1.72. The molecule has 0 aliphatic carbocycles. The minimum atomic E-state index is -0.107. The van der Waals surface area contributed by atoms with Crippen LogP contribution in [0, 0.1) is 0 Å². The molecular weight excluding hydrogens is 278 g/mol. The molecule has 0 bridgehead atoms. The quantitative estimate of drug-likeness (QED) is 0.840. The van der Waals surface area contributed by atoms with E-state index in [-0.39, 0.29) is 11.5 Å². The lowest BCUT2D eigenvalue weighted by Crippen LogP contribution is -2.48. The smallest absolute Gasteiger partial charge is 0.232 e. The summed E-state index contributed by atoms with van der Waals surface area (Å²) in [6, 6.07) is 2.22. The first-order valence-corrected chi connectivity index (χ1v) is 9.00. The van der Waals surface area contributed by atoms with Crippen molar-refractivity contribution in [2.24, 2.45) is 0 Å². The molecule has 1 saturated heterocycles. The molecule has 3 rings (SSSR count). The van der Waals surface area contributed by atoms with Crippen LogP contribution >= 0.6 is 23.1 Å². The van der Waals surface area contributed by atoms with Crippen molar-refractivity contribution in [1.29, 1.82) is 0 Å². The number of ether oxygens (including phenoxy) is 1. The maximum atomic E-state index is 11.9. The van der Waals surface area contributed by atoms with Crippen molar-refractivity contribution >= 4 is 29.0 Å². The summed E-state index contributed by atoms with van der Waals surface area (Å²) in [5.41, 5.74) is 1.28. The Morgan fingerprint density at radius 2 is 2.32 bits per heavy atom. The number of hydrogen-bond donors (Lipinski definition) is 0. The Morgan fingerprint density at radius 1 is 1.53 bits per heavy atom. The van der Waals surface area contributed by atoms with Crippen molar-refractivity contribution in [3.63, 3.8) is 0 Å². The van der Waals surface area contributed by atoms with E-state index in [0.717, 1.165) is 39.0 Å². The van der Waals surface area contributed by atoms with E-state index >= 15 is 0 Å². The summed E-state index contributed by atoms with van der Waals surface area (Å²) >= 11 is 3.44. The lowest BCUT2D eigenvalue weighted by atomic mass is 9.82. The molecule has 0 N–H and O–H groups in total. The minimum Gasteiger partial charge on any atom is -0.370 e. The van der Waals surface area contributed by atoms with Crippen molar-refractivity contribution in [2.45, 2.75) is 24.9 Å². The van der Waals surface area contributed by atoms with E-state index in [1.165, 1.54) is 10.4 Å². The second-order valence-electron chi connectivity index (χ2n) is 5.16. The van der Waals surface area contributed by atoms with Crippen LogP contribution in [0.4, 0.5) is 0 Å². The molecule has 0 unspecified atom stereocenters. The Labute approximate surface area is 122 Å². The van der Waals surface area contributed by atoms with Crippen LogP contribution in [0.3, 0.4) is 0 Å². The molecular formula is C14H19NO2S2. The number of carbonyl (C=O) groups excluding carboxylic acids is 1. The highest BCUT2D eigenvalue weighted by atomic mass is 32.2. The van der Waals surface area contributed by atoms with Crippen molar-refractivity contribution in [3.8, 4) is 0 Å². The second kappa shape index (κ2) is 5.46. The maximum Gasteiger partial charge on any atom is 0.232 e. The van der Waals surface area contributed by atoms with Crippen molar-refractivity contribution in [2.75, 3.05) is 31.7 Å². The number of nitrogens with zero attached hydrogens (tertiary/aromatic N) is 1. The highest BCUT2D eigenvalue weighted by Crippen LogP contribution is 2.43. The average molecular weight is 297 g/mol. The molecule has 3 heterocycles. The van der Waals surface area contributed by atoms with Gasteiger partial charge in [-0.1, -0.05) is 0 Å². The second-order valence-corrected chi connectivity index (χ2v) is 7.03. The van der Waals surface area contributed by atoms with Gasteiger partial charge in [-0.3, -0.25) is 4.79 Å². The van der Waals surface area contributed by atoms with Gasteiger partial charge in [-0.05, 0) is 36.1 Å². The van der Waals surface area contributed by atoms with Crippen LogP contribution < -0.4 is 0 Å². The summed E-state index contributed by atoms with van der Waals surface area (Å²) in [5, 5.41) is 2.17. The van der Waals surface area contributed by atoms with E-state index in [1.54, 1.807) is 11.8 Å². The van der Waals surface area contributed by atoms with Crippen LogP contribution in [0.1, 0.15) is 23.3 Å². The molecule has 0 radical (unpaired) electrons. The molecule has 0 aromatic carbocycles. The van der Waals surface area contributed by atoms with Gasteiger partial charge in [0.15, 0.2) is 0 Å². The molecule has 5 heteroatoms. The van der Waals surface area contributed by atoms with E-state index in [2.05, 4.69) is 11.4 Å². The zero-order valence-corrected chi connectivity index (χ0v) is 12.8. The van der Waals surface area contributed by atoms with Crippen molar-refractivity contribution in [3.05, 3.63) is 21.9 Å². The Morgan fingerprint density at radius 3 is 3.05 bits per heavy atom. The fourth-order valence-corrected chi connectivity index (χ4v) is 4.48. The molecule has 19 heavy (non-hydrogen) atoms. The van der Waals surface area contributed by atoms with Gasteiger partial charge in [0, 0.05) is 24.4 Å². The van der Waals surface area contributed by atoms with Gasteiger partial charge in [-0.15, -0.1) is 11.3 Å². The topological polar surface area (TPSA) is 29.5 Å². The summed E-state index contributed by atoms with van der Waals surface area (Å²) in [7, 11) is 0. The van der Waals surface area contributed by atoms with Crippen LogP contribution in [-0.4, -0.2) is 42.5 Å². The predicted octanol–water partition coefficient (Wildman–Crippen LogP) is 2.50. The Kier molecular flexibility index (Phi) is 3.87. The van der Waals surface area contributed by atoms with E-state index < -0.39 is 0 Å². The fraction of sp³-hybridized carbons (Fsp3) is 0.643. The molecule has 0 saturated carbocycles. The van der Waals surface area contributed by atoms with E-state index in [9.17, 15) is 4.79 Å². The largest absolute Gasteiger partial charge is 0.370 e. The summed E-state index contributed by atoms with van der Waals surface area (Å²) < 4.78 is 6.14.